The fourth-order valence-corrected chi connectivity index (χ4v) is 1.66. The van der Waals surface area contributed by atoms with Crippen LogP contribution in [0.3, 0.4) is 0 Å². The fourth-order valence-electron chi connectivity index (χ4n) is 1.66. The maximum Gasteiger partial charge on any atom is 0.0208 e. The van der Waals surface area contributed by atoms with Gasteiger partial charge in [0.05, 0.1) is 0 Å². The van der Waals surface area contributed by atoms with Gasteiger partial charge in [-0.2, -0.15) is 0 Å². The van der Waals surface area contributed by atoms with Crippen molar-refractivity contribution in [3.05, 3.63) is 35.9 Å². The summed E-state index contributed by atoms with van der Waals surface area (Å²) >= 11 is 0. The molecule has 1 aromatic rings. The first-order chi connectivity index (χ1) is 6.86. The molecule has 0 saturated heterocycles. The van der Waals surface area contributed by atoms with Crippen molar-refractivity contribution in [1.29, 1.82) is 0 Å². The largest absolute Gasteiger partial charge is 0.310 e. The molecule has 0 aliphatic heterocycles. The first-order valence-electron chi connectivity index (χ1n) is 5.64. The smallest absolute Gasteiger partial charge is 0.0208 e. The standard InChI is InChI=1S/C13H21N/c1-3-8-13(4-2)14-11-12-9-6-5-7-10-12/h5-7,9-10,13-14H,3-4,8,11H2,1-2H3/t13-/m1/s1. The first-order valence-corrected chi connectivity index (χ1v) is 5.64. The quantitative estimate of drug-likeness (QED) is 0.727. The Labute approximate surface area is 87.5 Å². The third kappa shape index (κ3) is 3.93. The summed E-state index contributed by atoms with van der Waals surface area (Å²) in [6.07, 6.45) is 3.77. The van der Waals surface area contributed by atoms with E-state index in [2.05, 4.69) is 49.5 Å². The molecule has 14 heavy (non-hydrogen) atoms. The molecule has 0 fully saturated rings. The van der Waals surface area contributed by atoms with Crippen LogP contribution >= 0.6 is 0 Å². The highest BCUT2D eigenvalue weighted by atomic mass is 14.9. The summed E-state index contributed by atoms with van der Waals surface area (Å²) in [5.41, 5.74) is 1.38. The molecule has 0 radical (unpaired) electrons. The van der Waals surface area contributed by atoms with Gasteiger partial charge in [0.25, 0.3) is 0 Å². The van der Waals surface area contributed by atoms with Gasteiger partial charge in [0.15, 0.2) is 0 Å². The second kappa shape index (κ2) is 6.61. The van der Waals surface area contributed by atoms with Crippen LogP contribution in [-0.4, -0.2) is 6.04 Å². The van der Waals surface area contributed by atoms with E-state index in [4.69, 9.17) is 0 Å². The third-order valence-electron chi connectivity index (χ3n) is 2.57. The molecular formula is C13H21N. The summed E-state index contributed by atoms with van der Waals surface area (Å²) in [5, 5.41) is 3.59. The summed E-state index contributed by atoms with van der Waals surface area (Å²) in [6, 6.07) is 11.3. The summed E-state index contributed by atoms with van der Waals surface area (Å²) in [7, 11) is 0. The van der Waals surface area contributed by atoms with Gasteiger partial charge in [-0.05, 0) is 18.4 Å². The van der Waals surface area contributed by atoms with Gasteiger partial charge in [-0.3, -0.25) is 0 Å². The van der Waals surface area contributed by atoms with Crippen LogP contribution in [0.4, 0.5) is 0 Å². The molecule has 0 amide bonds. The molecule has 1 heteroatoms. The van der Waals surface area contributed by atoms with E-state index in [1.54, 1.807) is 0 Å². The third-order valence-corrected chi connectivity index (χ3v) is 2.57. The zero-order valence-electron chi connectivity index (χ0n) is 9.29. The molecule has 1 N–H and O–H groups in total. The van der Waals surface area contributed by atoms with Gasteiger partial charge in [-0.25, -0.2) is 0 Å². The maximum absolute atomic E-state index is 3.59. The number of nitrogens with one attached hydrogen (secondary N) is 1. The lowest BCUT2D eigenvalue weighted by Gasteiger charge is -2.15. The first kappa shape index (κ1) is 11.3. The normalized spacial score (nSPS) is 12.7. The Morgan fingerprint density at radius 2 is 1.86 bits per heavy atom. The van der Waals surface area contributed by atoms with Crippen LogP contribution < -0.4 is 5.32 Å². The molecule has 1 aromatic carbocycles. The molecule has 0 unspecified atom stereocenters. The monoisotopic (exact) mass is 191 g/mol. The molecule has 1 rings (SSSR count). The van der Waals surface area contributed by atoms with Gasteiger partial charge in [0.2, 0.25) is 0 Å². The van der Waals surface area contributed by atoms with Crippen molar-refractivity contribution in [3.8, 4) is 0 Å². The van der Waals surface area contributed by atoms with Crippen molar-refractivity contribution < 1.29 is 0 Å². The molecule has 0 heterocycles. The van der Waals surface area contributed by atoms with Crippen molar-refractivity contribution in [3.63, 3.8) is 0 Å². The van der Waals surface area contributed by atoms with Crippen LogP contribution in [0.25, 0.3) is 0 Å². The molecular weight excluding hydrogens is 170 g/mol. The molecule has 1 nitrogen and oxygen atoms in total. The molecule has 0 saturated carbocycles. The van der Waals surface area contributed by atoms with Gasteiger partial charge in [0.1, 0.15) is 0 Å². The zero-order valence-corrected chi connectivity index (χ0v) is 9.29. The fraction of sp³-hybridized carbons (Fsp3) is 0.538. The summed E-state index contributed by atoms with van der Waals surface area (Å²) in [5.74, 6) is 0. The van der Waals surface area contributed by atoms with E-state index in [0.717, 1.165) is 6.54 Å². The number of hydrogen-bond acceptors (Lipinski definition) is 1. The average Bonchev–Trinajstić information content (AvgIpc) is 2.25. The Balaban J connectivity index is 2.32. The minimum Gasteiger partial charge on any atom is -0.310 e. The second-order valence-electron chi connectivity index (χ2n) is 3.76. The predicted molar refractivity (Wildman–Crippen MR) is 62.3 cm³/mol. The molecule has 0 aliphatic carbocycles. The zero-order chi connectivity index (χ0) is 10.2. The van der Waals surface area contributed by atoms with Gasteiger partial charge in [-0.15, -0.1) is 0 Å². The Bertz CT molecular complexity index is 230. The van der Waals surface area contributed by atoms with E-state index >= 15 is 0 Å². The Morgan fingerprint density at radius 1 is 1.14 bits per heavy atom. The van der Waals surface area contributed by atoms with Gasteiger partial charge in [0, 0.05) is 12.6 Å². The summed E-state index contributed by atoms with van der Waals surface area (Å²) < 4.78 is 0. The molecule has 78 valence electrons. The van der Waals surface area contributed by atoms with Crippen molar-refractivity contribution >= 4 is 0 Å². The van der Waals surface area contributed by atoms with E-state index in [9.17, 15) is 0 Å². The van der Waals surface area contributed by atoms with E-state index in [1.807, 2.05) is 0 Å². The van der Waals surface area contributed by atoms with Gasteiger partial charge >= 0.3 is 0 Å². The Hall–Kier alpha value is -0.820. The molecule has 0 aliphatic rings. The Kier molecular flexibility index (Phi) is 5.31. The second-order valence-corrected chi connectivity index (χ2v) is 3.76. The van der Waals surface area contributed by atoms with E-state index in [1.165, 1.54) is 24.8 Å². The maximum atomic E-state index is 3.59. The lowest BCUT2D eigenvalue weighted by atomic mass is 10.1. The topological polar surface area (TPSA) is 12.0 Å². The van der Waals surface area contributed by atoms with Crippen LogP contribution in [-0.2, 0) is 6.54 Å². The molecule has 1 atom stereocenters. The molecule has 0 bridgehead atoms. The van der Waals surface area contributed by atoms with Crippen molar-refractivity contribution in [2.45, 2.75) is 45.7 Å². The average molecular weight is 191 g/mol. The van der Waals surface area contributed by atoms with E-state index in [0.29, 0.717) is 6.04 Å². The van der Waals surface area contributed by atoms with Crippen LogP contribution in [0.1, 0.15) is 38.7 Å². The van der Waals surface area contributed by atoms with Crippen molar-refractivity contribution in [2.75, 3.05) is 0 Å². The highest BCUT2D eigenvalue weighted by molar-refractivity contribution is 5.14. The van der Waals surface area contributed by atoms with E-state index in [-0.39, 0.29) is 0 Å². The number of rotatable bonds is 6. The number of hydrogen-bond donors (Lipinski definition) is 1. The van der Waals surface area contributed by atoms with Crippen LogP contribution in [0, 0.1) is 0 Å². The number of benzene rings is 1. The highest BCUT2D eigenvalue weighted by Crippen LogP contribution is 2.03. The van der Waals surface area contributed by atoms with Crippen LogP contribution in [0.15, 0.2) is 30.3 Å². The summed E-state index contributed by atoms with van der Waals surface area (Å²) in [6.45, 7) is 5.49. The highest BCUT2D eigenvalue weighted by Gasteiger charge is 2.02. The Morgan fingerprint density at radius 3 is 2.43 bits per heavy atom. The van der Waals surface area contributed by atoms with Gasteiger partial charge in [-0.1, -0.05) is 50.6 Å². The predicted octanol–water partition coefficient (Wildman–Crippen LogP) is 3.35. The van der Waals surface area contributed by atoms with Gasteiger partial charge < -0.3 is 5.32 Å². The minimum atomic E-state index is 0.681. The molecule has 0 spiro atoms. The lowest BCUT2D eigenvalue weighted by molar-refractivity contribution is 0.462. The van der Waals surface area contributed by atoms with Crippen molar-refractivity contribution in [1.82, 2.24) is 5.32 Å². The SMILES string of the molecule is CCC[C@@H](CC)NCc1ccccc1. The summed E-state index contributed by atoms with van der Waals surface area (Å²) in [4.78, 5) is 0. The lowest BCUT2D eigenvalue weighted by Crippen LogP contribution is -2.27. The van der Waals surface area contributed by atoms with Crippen LogP contribution in [0.5, 0.6) is 0 Å². The van der Waals surface area contributed by atoms with Crippen LogP contribution in [0.2, 0.25) is 0 Å². The van der Waals surface area contributed by atoms with Crippen molar-refractivity contribution in [2.24, 2.45) is 0 Å². The minimum absolute atomic E-state index is 0.681. The van der Waals surface area contributed by atoms with E-state index < -0.39 is 0 Å². The molecule has 0 aromatic heterocycles.